The van der Waals surface area contributed by atoms with Crippen LogP contribution in [0.4, 0.5) is 0 Å². The number of fused-ring (bicyclic) bond motifs is 7. The number of aliphatic imine (C=N–C) groups is 1. The normalized spacial score (nSPS) is 15.5. The van der Waals surface area contributed by atoms with Crippen LogP contribution in [0.25, 0.3) is 71.5 Å². The Labute approximate surface area is 307 Å². The number of hydrogen-bond donors (Lipinski definition) is 1. The third-order valence-corrected chi connectivity index (χ3v) is 11.2. The first-order valence-electron chi connectivity index (χ1n) is 18.5. The van der Waals surface area contributed by atoms with Gasteiger partial charge in [-0.05, 0) is 116 Å². The minimum absolute atomic E-state index is 0.257. The highest BCUT2D eigenvalue weighted by atomic mass is 15.1. The Morgan fingerprint density at radius 2 is 1.17 bits per heavy atom. The first-order chi connectivity index (χ1) is 26.2. The highest BCUT2D eigenvalue weighted by Gasteiger charge is 2.22. The van der Waals surface area contributed by atoms with Crippen LogP contribution < -0.4 is 5.32 Å². The van der Waals surface area contributed by atoms with Crippen LogP contribution in [0.3, 0.4) is 0 Å². The molecular weight excluding hydrogens is 643 g/mol. The number of rotatable bonds is 4. The summed E-state index contributed by atoms with van der Waals surface area (Å²) in [6.07, 6.45) is 8.68. The maximum Gasteiger partial charge on any atom is 0.145 e. The molecule has 1 aromatic heterocycles. The molecule has 1 aliphatic heterocycles. The Kier molecular flexibility index (Phi) is 6.75. The summed E-state index contributed by atoms with van der Waals surface area (Å²) < 4.78 is 2.50. The molecule has 1 aliphatic carbocycles. The molecular formula is C50H35N3. The molecule has 0 saturated carbocycles. The van der Waals surface area contributed by atoms with E-state index in [2.05, 4.69) is 186 Å². The molecule has 0 radical (unpaired) electrons. The van der Waals surface area contributed by atoms with Gasteiger partial charge in [-0.2, -0.15) is 0 Å². The van der Waals surface area contributed by atoms with E-state index in [1.807, 2.05) is 0 Å². The van der Waals surface area contributed by atoms with Gasteiger partial charge in [0.05, 0.1) is 11.2 Å². The zero-order valence-electron chi connectivity index (χ0n) is 29.1. The maximum absolute atomic E-state index is 5.39. The van der Waals surface area contributed by atoms with Crippen LogP contribution in [0.2, 0.25) is 0 Å². The summed E-state index contributed by atoms with van der Waals surface area (Å²) in [6, 6.07) is 57.6. The molecule has 0 saturated heterocycles. The topological polar surface area (TPSA) is 29.3 Å². The lowest BCUT2D eigenvalue weighted by atomic mass is 9.98. The highest BCUT2D eigenvalue weighted by Crippen LogP contribution is 2.38. The van der Waals surface area contributed by atoms with E-state index in [9.17, 15) is 0 Å². The van der Waals surface area contributed by atoms with Crippen LogP contribution in [-0.4, -0.2) is 10.3 Å². The van der Waals surface area contributed by atoms with Gasteiger partial charge in [-0.3, -0.25) is 4.99 Å². The van der Waals surface area contributed by atoms with Crippen molar-refractivity contribution in [3.8, 4) is 5.69 Å². The minimum Gasteiger partial charge on any atom is -0.360 e. The maximum atomic E-state index is 5.39. The fraction of sp³-hybridized carbons (Fsp3) is 0.0600. The van der Waals surface area contributed by atoms with Gasteiger partial charge in [0.1, 0.15) is 6.17 Å². The first kappa shape index (κ1) is 30.0. The molecule has 0 spiro atoms. The highest BCUT2D eigenvalue weighted by molar-refractivity contribution is 6.14. The Bertz CT molecular complexity index is 3050. The van der Waals surface area contributed by atoms with Crippen molar-refractivity contribution in [2.45, 2.75) is 19.0 Å². The summed E-state index contributed by atoms with van der Waals surface area (Å²) >= 11 is 0. The largest absolute Gasteiger partial charge is 0.360 e. The molecule has 8 aromatic carbocycles. The second-order valence-electron chi connectivity index (χ2n) is 14.4. The molecule has 1 atom stereocenters. The van der Waals surface area contributed by atoms with Crippen LogP contribution in [-0.2, 0) is 6.42 Å². The van der Waals surface area contributed by atoms with E-state index in [1.165, 1.54) is 70.9 Å². The Morgan fingerprint density at radius 1 is 0.547 bits per heavy atom. The summed E-state index contributed by atoms with van der Waals surface area (Å²) in [6.45, 7) is 0. The van der Waals surface area contributed by atoms with E-state index in [-0.39, 0.29) is 6.17 Å². The Morgan fingerprint density at radius 3 is 1.94 bits per heavy atom. The molecule has 3 heteroatoms. The van der Waals surface area contributed by atoms with E-state index >= 15 is 0 Å². The second kappa shape index (κ2) is 11.9. The minimum atomic E-state index is -0.257. The van der Waals surface area contributed by atoms with Crippen molar-refractivity contribution in [3.63, 3.8) is 0 Å². The van der Waals surface area contributed by atoms with Crippen LogP contribution >= 0.6 is 0 Å². The van der Waals surface area contributed by atoms with Crippen LogP contribution in [0.5, 0.6) is 0 Å². The third kappa shape index (κ3) is 5.08. The van der Waals surface area contributed by atoms with E-state index in [0.29, 0.717) is 0 Å². The SMILES string of the molecule is C1=Cc2c(n(-c3ccc4ccc(C5N=C(c6ccc7ccccc7c6)C=C(c6ccc7ccccc7c6)N5)cc4c3)c3cc4ccccc4cc23)CC1. The van der Waals surface area contributed by atoms with E-state index in [4.69, 9.17) is 4.99 Å². The summed E-state index contributed by atoms with van der Waals surface area (Å²) in [5.41, 5.74) is 10.6. The van der Waals surface area contributed by atoms with E-state index in [1.54, 1.807) is 0 Å². The molecule has 2 heterocycles. The van der Waals surface area contributed by atoms with Gasteiger partial charge >= 0.3 is 0 Å². The quantitative estimate of drug-likeness (QED) is 0.197. The number of nitrogens with zero attached hydrogens (tertiary/aromatic N) is 2. The zero-order valence-corrected chi connectivity index (χ0v) is 29.1. The molecule has 53 heavy (non-hydrogen) atoms. The third-order valence-electron chi connectivity index (χ3n) is 11.2. The average molecular weight is 678 g/mol. The van der Waals surface area contributed by atoms with Crippen molar-refractivity contribution in [2.24, 2.45) is 4.99 Å². The van der Waals surface area contributed by atoms with Crippen molar-refractivity contribution in [3.05, 3.63) is 198 Å². The summed E-state index contributed by atoms with van der Waals surface area (Å²) in [4.78, 5) is 5.39. The molecule has 250 valence electrons. The summed E-state index contributed by atoms with van der Waals surface area (Å²) in [5.74, 6) is 0. The molecule has 0 bridgehead atoms. The molecule has 0 fully saturated rings. The smallest absolute Gasteiger partial charge is 0.145 e. The predicted octanol–water partition coefficient (Wildman–Crippen LogP) is 12.3. The van der Waals surface area contributed by atoms with Crippen LogP contribution in [0, 0.1) is 0 Å². The van der Waals surface area contributed by atoms with Gasteiger partial charge in [0.2, 0.25) is 0 Å². The fourth-order valence-corrected chi connectivity index (χ4v) is 8.48. The number of aromatic nitrogens is 1. The molecule has 11 rings (SSSR count). The standard InChI is InChI=1S/C50H35N3/c1-3-11-35-25-39(20-17-32(35)9-1)46-31-47(40-21-18-33-10-2-4-12-36(33)26-40)52-50(51-46)41-22-19-34-23-24-43(28-42(34)27-41)53-48-16-8-7-15-44(48)45-29-37-13-5-6-14-38(37)30-49(45)53/h1-7,9-15,17-31,50-51H,8,16H2. The van der Waals surface area contributed by atoms with E-state index < -0.39 is 0 Å². The Balaban J connectivity index is 1.04. The number of benzene rings is 8. The summed E-state index contributed by atoms with van der Waals surface area (Å²) in [5, 5.41) is 15.0. The summed E-state index contributed by atoms with van der Waals surface area (Å²) in [7, 11) is 0. The van der Waals surface area contributed by atoms with E-state index in [0.717, 1.165) is 40.9 Å². The van der Waals surface area contributed by atoms with Gasteiger partial charge < -0.3 is 9.88 Å². The number of nitrogens with one attached hydrogen (secondary N) is 1. The predicted molar refractivity (Wildman–Crippen MR) is 224 cm³/mol. The molecule has 1 N–H and O–H groups in total. The lowest BCUT2D eigenvalue weighted by molar-refractivity contribution is 0.665. The zero-order chi connectivity index (χ0) is 34.9. The van der Waals surface area contributed by atoms with Crippen molar-refractivity contribution in [2.75, 3.05) is 0 Å². The lowest BCUT2D eigenvalue weighted by Gasteiger charge is -2.25. The first-order valence-corrected chi connectivity index (χ1v) is 18.5. The molecule has 1 unspecified atom stereocenters. The average Bonchev–Trinajstić information content (AvgIpc) is 3.55. The molecule has 0 amide bonds. The van der Waals surface area contributed by atoms with Gasteiger partial charge in [0.15, 0.2) is 0 Å². The Hall–Kier alpha value is -6.71. The van der Waals surface area contributed by atoms with Crippen molar-refractivity contribution < 1.29 is 0 Å². The van der Waals surface area contributed by atoms with Gasteiger partial charge in [-0.15, -0.1) is 0 Å². The lowest BCUT2D eigenvalue weighted by Crippen LogP contribution is -2.24. The monoisotopic (exact) mass is 677 g/mol. The van der Waals surface area contributed by atoms with Crippen molar-refractivity contribution >= 4 is 71.5 Å². The van der Waals surface area contributed by atoms with Gasteiger partial charge in [-0.1, -0.05) is 127 Å². The number of allylic oxidation sites excluding steroid dienone is 2. The van der Waals surface area contributed by atoms with Crippen LogP contribution in [0.1, 0.15) is 40.5 Å². The fourth-order valence-electron chi connectivity index (χ4n) is 8.48. The van der Waals surface area contributed by atoms with Gasteiger partial charge in [-0.25, -0.2) is 0 Å². The van der Waals surface area contributed by atoms with Crippen molar-refractivity contribution in [1.82, 2.24) is 9.88 Å². The molecule has 3 nitrogen and oxygen atoms in total. The molecule has 9 aromatic rings. The molecule has 2 aliphatic rings. The van der Waals surface area contributed by atoms with Gasteiger partial charge in [0.25, 0.3) is 0 Å². The van der Waals surface area contributed by atoms with Gasteiger partial charge in [0, 0.05) is 33.6 Å². The van der Waals surface area contributed by atoms with Crippen molar-refractivity contribution in [1.29, 1.82) is 0 Å². The second-order valence-corrected chi connectivity index (χ2v) is 14.4. The van der Waals surface area contributed by atoms with Crippen LogP contribution in [0.15, 0.2) is 175 Å². The number of hydrogen-bond acceptors (Lipinski definition) is 2.